The second-order valence-corrected chi connectivity index (χ2v) is 8.09. The van der Waals surface area contributed by atoms with Crippen molar-refractivity contribution in [1.29, 1.82) is 0 Å². The summed E-state index contributed by atoms with van der Waals surface area (Å²) in [6, 6.07) is 7.66. The van der Waals surface area contributed by atoms with Crippen LogP contribution in [-0.2, 0) is 18.4 Å². The standard InChI is InChI=1S/C21H27N5O/c1-25(2)20-23-12-17-8-10-21(18(17)24-20)9-3-11-26(14-21)13-15-4-6-16(7-5-15)19(22)27/h4-7,12H,3,8-11,13-14H2,1-2H3,(H2,22,27). The zero-order chi connectivity index (χ0) is 19.0. The number of primary amides is 1. The van der Waals surface area contributed by atoms with E-state index in [2.05, 4.69) is 9.88 Å². The van der Waals surface area contributed by atoms with Crippen LogP contribution < -0.4 is 10.6 Å². The van der Waals surface area contributed by atoms with E-state index >= 15 is 0 Å². The third-order valence-electron chi connectivity index (χ3n) is 5.93. The Hall–Kier alpha value is -2.47. The van der Waals surface area contributed by atoms with Gasteiger partial charge in [0.25, 0.3) is 0 Å². The van der Waals surface area contributed by atoms with E-state index in [4.69, 9.17) is 10.7 Å². The Labute approximate surface area is 160 Å². The first-order chi connectivity index (χ1) is 13.0. The van der Waals surface area contributed by atoms with E-state index in [1.165, 1.54) is 29.7 Å². The van der Waals surface area contributed by atoms with Crippen molar-refractivity contribution in [3.63, 3.8) is 0 Å². The molecule has 6 nitrogen and oxygen atoms in total. The van der Waals surface area contributed by atoms with Crippen molar-refractivity contribution in [2.24, 2.45) is 5.73 Å². The van der Waals surface area contributed by atoms with Gasteiger partial charge in [-0.3, -0.25) is 9.69 Å². The van der Waals surface area contributed by atoms with E-state index in [-0.39, 0.29) is 11.3 Å². The summed E-state index contributed by atoms with van der Waals surface area (Å²) >= 11 is 0. The molecule has 4 rings (SSSR count). The molecule has 1 atom stereocenters. The van der Waals surface area contributed by atoms with Gasteiger partial charge in [-0.1, -0.05) is 12.1 Å². The van der Waals surface area contributed by atoms with Crippen molar-refractivity contribution in [3.8, 4) is 0 Å². The second kappa shape index (κ2) is 6.93. The number of fused-ring (bicyclic) bond motifs is 2. The first-order valence-electron chi connectivity index (χ1n) is 9.62. The summed E-state index contributed by atoms with van der Waals surface area (Å²) in [5.74, 6) is 0.423. The number of nitrogens with zero attached hydrogens (tertiary/aromatic N) is 4. The van der Waals surface area contributed by atoms with Crippen LogP contribution in [0.5, 0.6) is 0 Å². The molecule has 0 radical (unpaired) electrons. The van der Waals surface area contributed by atoms with Gasteiger partial charge in [-0.05, 0) is 55.5 Å². The Bertz CT molecular complexity index is 844. The number of carbonyl (C=O) groups is 1. The molecule has 0 bridgehead atoms. The zero-order valence-electron chi connectivity index (χ0n) is 16.1. The molecule has 2 aliphatic rings. The molecule has 142 valence electrons. The van der Waals surface area contributed by atoms with E-state index in [1.807, 2.05) is 49.5 Å². The maximum Gasteiger partial charge on any atom is 0.248 e. The van der Waals surface area contributed by atoms with Crippen LogP contribution in [0.4, 0.5) is 5.95 Å². The Morgan fingerprint density at radius 2 is 2.04 bits per heavy atom. The highest BCUT2D eigenvalue weighted by Crippen LogP contribution is 2.44. The van der Waals surface area contributed by atoms with Crippen LogP contribution in [0.3, 0.4) is 0 Å². The molecule has 2 aromatic rings. The highest BCUT2D eigenvalue weighted by Gasteiger charge is 2.43. The summed E-state index contributed by atoms with van der Waals surface area (Å²) in [6.45, 7) is 3.02. The molecule has 6 heteroatoms. The Balaban J connectivity index is 1.54. The largest absolute Gasteiger partial charge is 0.366 e. The summed E-state index contributed by atoms with van der Waals surface area (Å²) in [5, 5.41) is 0. The molecule has 1 spiro atoms. The monoisotopic (exact) mass is 365 g/mol. The lowest BCUT2D eigenvalue weighted by molar-refractivity contribution is 0.1000. The minimum Gasteiger partial charge on any atom is -0.366 e. The number of piperidine rings is 1. The van der Waals surface area contributed by atoms with Gasteiger partial charge < -0.3 is 10.6 Å². The minimum atomic E-state index is -0.377. The summed E-state index contributed by atoms with van der Waals surface area (Å²) < 4.78 is 0. The Kier molecular flexibility index (Phi) is 4.60. The number of amides is 1. The zero-order valence-corrected chi connectivity index (χ0v) is 16.1. The third-order valence-corrected chi connectivity index (χ3v) is 5.93. The molecule has 1 aliphatic carbocycles. The summed E-state index contributed by atoms with van der Waals surface area (Å²) in [7, 11) is 3.98. The van der Waals surface area contributed by atoms with Crippen LogP contribution in [0, 0.1) is 0 Å². The number of nitrogens with two attached hydrogens (primary N) is 1. The van der Waals surface area contributed by atoms with Crippen LogP contribution in [0.1, 0.15) is 46.4 Å². The lowest BCUT2D eigenvalue weighted by atomic mass is 9.77. The number of carbonyl (C=O) groups excluding carboxylic acids is 1. The van der Waals surface area contributed by atoms with Gasteiger partial charge in [0.1, 0.15) is 0 Å². The first-order valence-corrected chi connectivity index (χ1v) is 9.62. The maximum atomic E-state index is 11.3. The van der Waals surface area contributed by atoms with Crippen molar-refractivity contribution in [2.45, 2.75) is 37.6 Å². The number of likely N-dealkylation sites (tertiary alicyclic amines) is 1. The molecule has 1 aliphatic heterocycles. The highest BCUT2D eigenvalue weighted by atomic mass is 16.1. The van der Waals surface area contributed by atoms with Crippen LogP contribution in [-0.4, -0.2) is 48.0 Å². The molecule has 1 amide bonds. The summed E-state index contributed by atoms with van der Waals surface area (Å²) in [5.41, 5.74) is 9.84. The number of anilines is 1. The molecule has 2 heterocycles. The summed E-state index contributed by atoms with van der Waals surface area (Å²) in [6.07, 6.45) is 6.63. The van der Waals surface area contributed by atoms with E-state index in [9.17, 15) is 4.79 Å². The molecule has 0 saturated carbocycles. The fraction of sp³-hybridized carbons (Fsp3) is 0.476. The van der Waals surface area contributed by atoms with Gasteiger partial charge in [0, 0.05) is 44.4 Å². The Morgan fingerprint density at radius 1 is 1.26 bits per heavy atom. The molecule has 1 fully saturated rings. The molecule has 1 saturated heterocycles. The van der Waals surface area contributed by atoms with Crippen molar-refractivity contribution < 1.29 is 4.79 Å². The van der Waals surface area contributed by atoms with Gasteiger partial charge in [0.2, 0.25) is 11.9 Å². The fourth-order valence-electron chi connectivity index (χ4n) is 4.54. The molecular formula is C21H27N5O. The topological polar surface area (TPSA) is 75.3 Å². The molecule has 27 heavy (non-hydrogen) atoms. The lowest BCUT2D eigenvalue weighted by Crippen LogP contribution is -2.45. The normalized spacial score (nSPS) is 22.0. The van der Waals surface area contributed by atoms with Crippen LogP contribution in [0.15, 0.2) is 30.5 Å². The van der Waals surface area contributed by atoms with Crippen molar-refractivity contribution >= 4 is 11.9 Å². The van der Waals surface area contributed by atoms with Gasteiger partial charge in [-0.2, -0.15) is 0 Å². The number of rotatable bonds is 4. The maximum absolute atomic E-state index is 11.3. The number of aryl methyl sites for hydroxylation is 1. The van der Waals surface area contributed by atoms with Crippen molar-refractivity contribution in [3.05, 3.63) is 52.8 Å². The molecule has 1 aromatic carbocycles. The van der Waals surface area contributed by atoms with Gasteiger partial charge in [-0.25, -0.2) is 9.97 Å². The van der Waals surface area contributed by atoms with Gasteiger partial charge >= 0.3 is 0 Å². The number of aromatic nitrogens is 2. The summed E-state index contributed by atoms with van der Waals surface area (Å²) in [4.78, 5) is 25.2. The second-order valence-electron chi connectivity index (χ2n) is 8.09. The van der Waals surface area contributed by atoms with Gasteiger partial charge in [0.05, 0.1) is 5.69 Å². The molecule has 1 aromatic heterocycles. The first kappa shape index (κ1) is 17.9. The van der Waals surface area contributed by atoms with E-state index in [0.717, 1.165) is 38.4 Å². The van der Waals surface area contributed by atoms with Gasteiger partial charge in [0.15, 0.2) is 0 Å². The SMILES string of the molecule is CN(C)c1ncc2c(n1)C1(CCCN(Cc3ccc(C(N)=O)cc3)C1)CC2. The average molecular weight is 365 g/mol. The molecule has 1 unspecified atom stereocenters. The Morgan fingerprint density at radius 3 is 2.74 bits per heavy atom. The van der Waals surface area contributed by atoms with Crippen molar-refractivity contribution in [2.75, 3.05) is 32.1 Å². The van der Waals surface area contributed by atoms with Crippen molar-refractivity contribution in [1.82, 2.24) is 14.9 Å². The predicted molar refractivity (Wildman–Crippen MR) is 106 cm³/mol. The van der Waals surface area contributed by atoms with E-state index < -0.39 is 0 Å². The number of hydrogen-bond donors (Lipinski definition) is 1. The minimum absolute atomic E-state index is 0.147. The quantitative estimate of drug-likeness (QED) is 0.898. The average Bonchev–Trinajstić information content (AvgIpc) is 2.99. The van der Waals surface area contributed by atoms with E-state index in [1.54, 1.807) is 0 Å². The highest BCUT2D eigenvalue weighted by molar-refractivity contribution is 5.92. The van der Waals surface area contributed by atoms with E-state index in [0.29, 0.717) is 5.56 Å². The van der Waals surface area contributed by atoms with Crippen LogP contribution in [0.2, 0.25) is 0 Å². The number of benzene rings is 1. The van der Waals surface area contributed by atoms with Crippen LogP contribution in [0.25, 0.3) is 0 Å². The fourth-order valence-corrected chi connectivity index (χ4v) is 4.54. The molecular weight excluding hydrogens is 338 g/mol. The predicted octanol–water partition coefficient (Wildman–Crippen LogP) is 2.12. The smallest absolute Gasteiger partial charge is 0.248 e. The van der Waals surface area contributed by atoms with Gasteiger partial charge in [-0.15, -0.1) is 0 Å². The van der Waals surface area contributed by atoms with Crippen LogP contribution >= 0.6 is 0 Å². The third kappa shape index (κ3) is 3.41. The number of hydrogen-bond acceptors (Lipinski definition) is 5. The lowest BCUT2D eigenvalue weighted by Gasteiger charge is -2.40. The molecule has 2 N–H and O–H groups in total.